The van der Waals surface area contributed by atoms with Crippen molar-refractivity contribution >= 4 is 11.7 Å². The van der Waals surface area contributed by atoms with Gasteiger partial charge in [-0.05, 0) is 18.1 Å². The molecule has 0 amide bonds. The smallest absolute Gasteiger partial charge is 0.307 e. The number of nitrogens with one attached hydrogen (secondary N) is 2. The van der Waals surface area contributed by atoms with E-state index in [0.717, 1.165) is 11.4 Å². The van der Waals surface area contributed by atoms with Crippen LogP contribution in [0.1, 0.15) is 31.3 Å². The highest BCUT2D eigenvalue weighted by molar-refractivity contribution is 5.71. The number of tetrazole rings is 1. The summed E-state index contributed by atoms with van der Waals surface area (Å²) in [4.78, 5) is 16.1. The number of aliphatic carboxylic acids is 1. The summed E-state index contributed by atoms with van der Waals surface area (Å²) in [5.41, 5.74) is 1.54. The van der Waals surface area contributed by atoms with Crippen molar-refractivity contribution in [2.75, 3.05) is 18.5 Å². The summed E-state index contributed by atoms with van der Waals surface area (Å²) in [5.74, 6) is -1.67. The van der Waals surface area contributed by atoms with Crippen LogP contribution in [-0.2, 0) is 11.2 Å². The van der Waals surface area contributed by atoms with Crippen LogP contribution in [-0.4, -0.2) is 54.9 Å². The minimum atomic E-state index is -0.888. The van der Waals surface area contributed by atoms with E-state index in [4.69, 9.17) is 5.11 Å². The van der Waals surface area contributed by atoms with Crippen molar-refractivity contribution in [2.45, 2.75) is 26.2 Å². The molecule has 2 atom stereocenters. The summed E-state index contributed by atoms with van der Waals surface area (Å²) in [7, 11) is 0. The fourth-order valence-corrected chi connectivity index (χ4v) is 2.70. The van der Waals surface area contributed by atoms with Crippen molar-refractivity contribution in [2.24, 2.45) is 11.8 Å². The Bertz CT molecular complexity index is 629. The lowest BCUT2D eigenvalue weighted by Gasteiger charge is -2.24. The van der Waals surface area contributed by atoms with Crippen LogP contribution < -0.4 is 5.32 Å². The maximum absolute atomic E-state index is 11.7. The number of hydrogen-bond acceptors (Lipinski definition) is 7. The lowest BCUT2D eigenvalue weighted by atomic mass is 9.80. The maximum Gasteiger partial charge on any atom is 0.307 e. The van der Waals surface area contributed by atoms with Gasteiger partial charge in [-0.3, -0.25) is 9.78 Å². The van der Waals surface area contributed by atoms with Gasteiger partial charge in [0.25, 0.3) is 0 Å². The number of pyridine rings is 1. The minimum absolute atomic E-state index is 0.0380. The molecule has 0 radical (unpaired) electrons. The first-order chi connectivity index (χ1) is 11.5. The van der Waals surface area contributed by atoms with E-state index in [1.807, 2.05) is 26.0 Å². The van der Waals surface area contributed by atoms with E-state index in [0.29, 0.717) is 18.8 Å². The largest absolute Gasteiger partial charge is 0.481 e. The summed E-state index contributed by atoms with van der Waals surface area (Å²) in [6.45, 7) is 4.21. The zero-order valence-corrected chi connectivity index (χ0v) is 13.7. The molecule has 9 heteroatoms. The summed E-state index contributed by atoms with van der Waals surface area (Å²) in [6, 6.07) is 3.67. The Kier molecular flexibility index (Phi) is 6.19. The monoisotopic (exact) mass is 334 g/mol. The average Bonchev–Trinajstić information content (AvgIpc) is 3.07. The zero-order valence-electron chi connectivity index (χ0n) is 13.7. The van der Waals surface area contributed by atoms with Gasteiger partial charge in [0.15, 0.2) is 5.82 Å². The molecule has 0 saturated heterocycles. The van der Waals surface area contributed by atoms with Gasteiger partial charge in [-0.15, -0.1) is 10.2 Å². The summed E-state index contributed by atoms with van der Waals surface area (Å²) in [5, 5.41) is 35.3. The highest BCUT2D eigenvalue weighted by Gasteiger charge is 2.35. The van der Waals surface area contributed by atoms with E-state index < -0.39 is 17.8 Å². The van der Waals surface area contributed by atoms with Gasteiger partial charge in [-0.1, -0.05) is 19.1 Å². The Morgan fingerprint density at radius 3 is 2.67 bits per heavy atom. The van der Waals surface area contributed by atoms with Crippen molar-refractivity contribution in [1.82, 2.24) is 25.6 Å². The van der Waals surface area contributed by atoms with Gasteiger partial charge < -0.3 is 15.5 Å². The van der Waals surface area contributed by atoms with Crippen molar-refractivity contribution in [3.8, 4) is 0 Å². The van der Waals surface area contributed by atoms with E-state index in [-0.39, 0.29) is 12.5 Å². The molecule has 0 aromatic carbocycles. The molecule has 0 aliphatic rings. The molecule has 24 heavy (non-hydrogen) atoms. The van der Waals surface area contributed by atoms with Gasteiger partial charge in [0.1, 0.15) is 0 Å². The van der Waals surface area contributed by atoms with Gasteiger partial charge in [0, 0.05) is 24.6 Å². The lowest BCUT2D eigenvalue weighted by molar-refractivity contribution is -0.144. The molecule has 0 aliphatic heterocycles. The Balaban J connectivity index is 2.21. The predicted octanol–water partition coefficient (Wildman–Crippen LogP) is 0.682. The third-order valence-electron chi connectivity index (χ3n) is 3.82. The van der Waals surface area contributed by atoms with Crippen LogP contribution in [0.3, 0.4) is 0 Å². The van der Waals surface area contributed by atoms with Gasteiger partial charge in [-0.2, -0.15) is 5.21 Å². The second-order valence-electron chi connectivity index (χ2n) is 5.88. The van der Waals surface area contributed by atoms with Crippen molar-refractivity contribution < 1.29 is 15.0 Å². The van der Waals surface area contributed by atoms with Crippen LogP contribution in [0.15, 0.2) is 18.3 Å². The zero-order chi connectivity index (χ0) is 17.5. The second kappa shape index (κ2) is 8.34. The number of aliphatic hydroxyl groups excluding tert-OH is 1. The van der Waals surface area contributed by atoms with E-state index in [2.05, 4.69) is 30.9 Å². The van der Waals surface area contributed by atoms with Crippen LogP contribution in [0.25, 0.3) is 0 Å². The topological polar surface area (TPSA) is 137 Å². The summed E-state index contributed by atoms with van der Waals surface area (Å²) in [6.07, 6.45) is 2.05. The minimum Gasteiger partial charge on any atom is -0.481 e. The molecular formula is C15H22N6O3. The van der Waals surface area contributed by atoms with E-state index >= 15 is 0 Å². The predicted molar refractivity (Wildman–Crippen MR) is 86.4 cm³/mol. The molecule has 2 aromatic heterocycles. The molecule has 130 valence electrons. The van der Waals surface area contributed by atoms with Crippen molar-refractivity contribution in [1.29, 1.82) is 0 Å². The Labute approximate surface area is 139 Å². The van der Waals surface area contributed by atoms with Crippen molar-refractivity contribution in [3.63, 3.8) is 0 Å². The van der Waals surface area contributed by atoms with E-state index in [1.54, 1.807) is 6.20 Å². The van der Waals surface area contributed by atoms with Crippen LogP contribution in [0.4, 0.5) is 5.69 Å². The first kappa shape index (κ1) is 17.8. The Hall–Kier alpha value is -2.55. The van der Waals surface area contributed by atoms with Crippen LogP contribution in [0.5, 0.6) is 0 Å². The average molecular weight is 334 g/mol. The second-order valence-corrected chi connectivity index (χ2v) is 5.88. The molecule has 0 saturated carbocycles. The van der Waals surface area contributed by atoms with Gasteiger partial charge in [-0.25, -0.2) is 0 Å². The Morgan fingerprint density at radius 1 is 1.38 bits per heavy atom. The number of carboxylic acid groups (broad SMARTS) is 1. The number of aromatic amines is 1. The molecule has 0 spiro atoms. The molecule has 2 unspecified atom stereocenters. The van der Waals surface area contributed by atoms with Gasteiger partial charge in [0.2, 0.25) is 0 Å². The van der Waals surface area contributed by atoms with Crippen LogP contribution in [0, 0.1) is 11.8 Å². The van der Waals surface area contributed by atoms with Crippen LogP contribution in [0.2, 0.25) is 0 Å². The van der Waals surface area contributed by atoms with E-state index in [9.17, 15) is 9.90 Å². The van der Waals surface area contributed by atoms with Gasteiger partial charge in [0.05, 0.1) is 24.4 Å². The molecule has 4 N–H and O–H groups in total. The van der Waals surface area contributed by atoms with E-state index in [1.165, 1.54) is 0 Å². The van der Waals surface area contributed by atoms with Crippen molar-refractivity contribution in [3.05, 3.63) is 29.8 Å². The standard InChI is InChI=1S/C15H22N6O3/c1-9(2)13(15(23)24)12(14-18-20-21-19-14)7-10-3-4-11(8-17-10)16-5-6-22/h3-4,8-9,12-13,16,22H,5-7H2,1-2H3,(H,23,24)(H,18,19,20,21). The lowest BCUT2D eigenvalue weighted by Crippen LogP contribution is -2.29. The summed E-state index contributed by atoms with van der Waals surface area (Å²) >= 11 is 0. The molecular weight excluding hydrogens is 312 g/mol. The molecule has 0 fully saturated rings. The number of rotatable bonds is 9. The number of carbonyl (C=O) groups is 1. The maximum atomic E-state index is 11.7. The number of anilines is 1. The first-order valence-corrected chi connectivity index (χ1v) is 7.78. The number of aromatic nitrogens is 5. The number of carboxylic acids is 1. The van der Waals surface area contributed by atoms with Gasteiger partial charge >= 0.3 is 5.97 Å². The molecule has 0 bridgehead atoms. The number of hydrogen-bond donors (Lipinski definition) is 4. The fraction of sp³-hybridized carbons (Fsp3) is 0.533. The molecule has 2 heterocycles. The fourth-order valence-electron chi connectivity index (χ4n) is 2.70. The first-order valence-electron chi connectivity index (χ1n) is 7.78. The third-order valence-corrected chi connectivity index (χ3v) is 3.82. The SMILES string of the molecule is CC(C)C(C(=O)O)C(Cc1ccc(NCCO)cn1)c1nn[nH]n1. The molecule has 2 aromatic rings. The quantitative estimate of drug-likeness (QED) is 0.525. The Morgan fingerprint density at radius 2 is 2.17 bits per heavy atom. The van der Waals surface area contributed by atoms with Crippen LogP contribution >= 0.6 is 0 Å². The molecule has 9 nitrogen and oxygen atoms in total. The normalized spacial score (nSPS) is 13.7. The summed E-state index contributed by atoms with van der Waals surface area (Å²) < 4.78 is 0. The number of H-pyrrole nitrogens is 1. The number of aliphatic hydroxyl groups is 1. The molecule has 2 rings (SSSR count). The molecule has 0 aliphatic carbocycles. The number of nitrogens with zero attached hydrogens (tertiary/aromatic N) is 4. The highest BCUT2D eigenvalue weighted by atomic mass is 16.4. The third kappa shape index (κ3) is 4.48. The highest BCUT2D eigenvalue weighted by Crippen LogP contribution is 2.31.